The van der Waals surface area contributed by atoms with Crippen molar-refractivity contribution in [3.8, 4) is 0 Å². The minimum absolute atomic E-state index is 0.576. The number of carbonyl (C=O) groups excluding carboxylic acids is 2. The highest BCUT2D eigenvalue weighted by Gasteiger charge is 2.13. The van der Waals surface area contributed by atoms with E-state index in [2.05, 4.69) is 58.3 Å². The molecule has 0 radical (unpaired) electrons. The molecule has 1 amide bonds. The van der Waals surface area contributed by atoms with Crippen molar-refractivity contribution in [3.63, 3.8) is 0 Å². The van der Waals surface area contributed by atoms with E-state index in [1.54, 1.807) is 24.3 Å². The Bertz CT molecular complexity index is 839. The summed E-state index contributed by atoms with van der Waals surface area (Å²) in [5.41, 5.74) is 4.18. The molecule has 1 aliphatic rings. The highest BCUT2D eigenvalue weighted by atomic mass is 16.1. The van der Waals surface area contributed by atoms with Gasteiger partial charge in [-0.3, -0.25) is 14.5 Å². The predicted octanol–water partition coefficient (Wildman–Crippen LogP) is 2.75. The predicted molar refractivity (Wildman–Crippen MR) is 122 cm³/mol. The molecule has 0 spiro atoms. The standard InChI is InChI=1S/C13H20N2.C11H10N2O2/c1-12-3-5-13(6-4-12)11-15-9-7-14(2)8-10-15;14-8-2-5-10-3-1-4-11(13-10)6-7-12-9-15/h3-6H,7-11H2,1-2H3;1-9H,(H,12,15)/b;5-2+,7-6+. The number of likely N-dealkylation sites (N-methyl/N-ethyl adjacent to an activating group) is 1. The van der Waals surface area contributed by atoms with E-state index >= 15 is 0 Å². The number of pyridine rings is 1. The van der Waals surface area contributed by atoms with Crippen LogP contribution in [0.5, 0.6) is 0 Å². The summed E-state index contributed by atoms with van der Waals surface area (Å²) >= 11 is 0. The molecule has 1 fully saturated rings. The SMILES string of the molecule is Cc1ccc(CN2CCN(C)CC2)cc1.O=C/C=C/c1cccc(/C=C/NC=O)n1. The van der Waals surface area contributed by atoms with Gasteiger partial charge in [-0.15, -0.1) is 0 Å². The van der Waals surface area contributed by atoms with Crippen molar-refractivity contribution in [1.29, 1.82) is 0 Å². The Labute approximate surface area is 178 Å². The van der Waals surface area contributed by atoms with E-state index in [-0.39, 0.29) is 0 Å². The van der Waals surface area contributed by atoms with Crippen molar-refractivity contribution in [3.05, 3.63) is 77.3 Å². The van der Waals surface area contributed by atoms with E-state index < -0.39 is 0 Å². The fourth-order valence-electron chi connectivity index (χ4n) is 2.92. The first-order valence-electron chi connectivity index (χ1n) is 10.0. The first-order chi connectivity index (χ1) is 14.6. The molecule has 30 heavy (non-hydrogen) atoms. The smallest absolute Gasteiger partial charge is 0.211 e. The van der Waals surface area contributed by atoms with E-state index in [4.69, 9.17) is 0 Å². The van der Waals surface area contributed by atoms with Crippen LogP contribution >= 0.6 is 0 Å². The van der Waals surface area contributed by atoms with Crippen LogP contribution in [0.25, 0.3) is 12.2 Å². The second kappa shape index (κ2) is 13.2. The van der Waals surface area contributed by atoms with Gasteiger partial charge in [-0.05, 0) is 49.9 Å². The number of nitrogens with zero attached hydrogens (tertiary/aromatic N) is 3. The molecular weight excluding hydrogens is 376 g/mol. The molecule has 0 unspecified atom stereocenters. The monoisotopic (exact) mass is 406 g/mol. The second-order valence-electron chi connectivity index (χ2n) is 7.17. The van der Waals surface area contributed by atoms with Crippen molar-refractivity contribution in [2.75, 3.05) is 33.2 Å². The molecule has 0 bridgehead atoms. The molecule has 0 atom stereocenters. The van der Waals surface area contributed by atoms with Crippen molar-refractivity contribution in [2.45, 2.75) is 13.5 Å². The van der Waals surface area contributed by atoms with Crippen molar-refractivity contribution in [1.82, 2.24) is 20.1 Å². The van der Waals surface area contributed by atoms with Crippen LogP contribution in [0.4, 0.5) is 0 Å². The van der Waals surface area contributed by atoms with Gasteiger partial charge in [-0.1, -0.05) is 35.9 Å². The molecule has 2 aromatic rings. The van der Waals surface area contributed by atoms with Crippen molar-refractivity contribution in [2.24, 2.45) is 0 Å². The van der Waals surface area contributed by atoms with Crippen LogP contribution in [0, 0.1) is 6.92 Å². The fraction of sp³-hybridized carbons (Fsp3) is 0.292. The van der Waals surface area contributed by atoms with Crippen LogP contribution in [-0.4, -0.2) is 60.7 Å². The van der Waals surface area contributed by atoms with E-state index in [1.807, 2.05) is 6.07 Å². The number of benzene rings is 1. The summed E-state index contributed by atoms with van der Waals surface area (Å²) in [6.07, 6.45) is 7.40. The minimum Gasteiger partial charge on any atom is -0.335 e. The molecule has 1 N–H and O–H groups in total. The lowest BCUT2D eigenvalue weighted by molar-refractivity contribution is -0.108. The Kier molecular flexibility index (Phi) is 10.2. The number of allylic oxidation sites excluding steroid dienone is 1. The molecule has 6 nitrogen and oxygen atoms in total. The summed E-state index contributed by atoms with van der Waals surface area (Å²) in [5, 5.41) is 2.38. The Balaban J connectivity index is 0.000000214. The number of aryl methyl sites for hydroxylation is 1. The molecule has 3 rings (SSSR count). The number of aromatic nitrogens is 1. The maximum Gasteiger partial charge on any atom is 0.211 e. The molecule has 0 saturated carbocycles. The quantitative estimate of drug-likeness (QED) is 0.566. The molecular formula is C24H30N4O2. The first-order valence-corrected chi connectivity index (χ1v) is 10.0. The molecule has 1 saturated heterocycles. The lowest BCUT2D eigenvalue weighted by atomic mass is 10.1. The number of aldehydes is 1. The number of rotatable bonds is 7. The van der Waals surface area contributed by atoms with E-state index in [0.717, 1.165) is 6.54 Å². The average molecular weight is 407 g/mol. The zero-order valence-electron chi connectivity index (χ0n) is 17.7. The van der Waals surface area contributed by atoms with Gasteiger partial charge >= 0.3 is 0 Å². The van der Waals surface area contributed by atoms with Crippen LogP contribution in [-0.2, 0) is 16.1 Å². The molecule has 2 heterocycles. The summed E-state index contributed by atoms with van der Waals surface area (Å²) in [4.78, 5) is 29.2. The third-order valence-electron chi connectivity index (χ3n) is 4.68. The number of carbonyl (C=O) groups is 2. The van der Waals surface area contributed by atoms with Gasteiger partial charge in [0.25, 0.3) is 0 Å². The summed E-state index contributed by atoms with van der Waals surface area (Å²) in [6, 6.07) is 14.3. The fourth-order valence-corrected chi connectivity index (χ4v) is 2.92. The maximum absolute atomic E-state index is 10.1. The number of hydrogen-bond acceptors (Lipinski definition) is 5. The van der Waals surface area contributed by atoms with Gasteiger partial charge in [0, 0.05) is 38.9 Å². The van der Waals surface area contributed by atoms with E-state index in [0.29, 0.717) is 24.1 Å². The third kappa shape index (κ3) is 8.94. The lowest BCUT2D eigenvalue weighted by Crippen LogP contribution is -2.43. The lowest BCUT2D eigenvalue weighted by Gasteiger charge is -2.32. The summed E-state index contributed by atoms with van der Waals surface area (Å²) in [5.74, 6) is 0. The van der Waals surface area contributed by atoms with Crippen LogP contribution in [0.3, 0.4) is 0 Å². The van der Waals surface area contributed by atoms with Gasteiger partial charge in [-0.2, -0.15) is 0 Å². The zero-order chi connectivity index (χ0) is 21.6. The highest BCUT2D eigenvalue weighted by Crippen LogP contribution is 2.09. The average Bonchev–Trinajstić information content (AvgIpc) is 2.76. The highest BCUT2D eigenvalue weighted by molar-refractivity contribution is 5.73. The van der Waals surface area contributed by atoms with Gasteiger partial charge in [0.15, 0.2) is 0 Å². The number of hydrogen-bond donors (Lipinski definition) is 1. The summed E-state index contributed by atoms with van der Waals surface area (Å²) in [7, 11) is 2.20. The molecule has 158 valence electrons. The Hall–Kier alpha value is -3.09. The van der Waals surface area contributed by atoms with Gasteiger partial charge in [0.2, 0.25) is 6.41 Å². The summed E-state index contributed by atoms with van der Waals surface area (Å²) < 4.78 is 0. The van der Waals surface area contributed by atoms with Gasteiger partial charge in [0.05, 0.1) is 11.4 Å². The van der Waals surface area contributed by atoms with E-state index in [1.165, 1.54) is 49.6 Å². The number of nitrogens with one attached hydrogen (secondary N) is 1. The number of amides is 1. The maximum atomic E-state index is 10.1. The molecule has 6 heteroatoms. The molecule has 1 aromatic heterocycles. The Morgan fingerprint density at radius 1 is 0.967 bits per heavy atom. The third-order valence-corrected chi connectivity index (χ3v) is 4.68. The first kappa shape index (κ1) is 23.2. The Morgan fingerprint density at radius 3 is 2.27 bits per heavy atom. The Morgan fingerprint density at radius 2 is 1.63 bits per heavy atom. The largest absolute Gasteiger partial charge is 0.335 e. The topological polar surface area (TPSA) is 65.5 Å². The van der Waals surface area contributed by atoms with Crippen LogP contribution in [0.15, 0.2) is 54.7 Å². The van der Waals surface area contributed by atoms with Gasteiger partial charge < -0.3 is 10.2 Å². The van der Waals surface area contributed by atoms with Gasteiger partial charge in [0.1, 0.15) is 6.29 Å². The molecule has 1 aromatic carbocycles. The van der Waals surface area contributed by atoms with Gasteiger partial charge in [-0.25, -0.2) is 4.98 Å². The van der Waals surface area contributed by atoms with Crippen molar-refractivity contribution >= 4 is 24.8 Å². The second-order valence-corrected chi connectivity index (χ2v) is 7.17. The minimum atomic E-state index is 0.576. The van der Waals surface area contributed by atoms with Crippen LogP contribution < -0.4 is 5.32 Å². The number of piperazine rings is 1. The van der Waals surface area contributed by atoms with Crippen LogP contribution in [0.1, 0.15) is 22.5 Å². The van der Waals surface area contributed by atoms with Crippen molar-refractivity contribution < 1.29 is 9.59 Å². The molecule has 1 aliphatic heterocycles. The van der Waals surface area contributed by atoms with E-state index in [9.17, 15) is 9.59 Å². The molecule has 0 aliphatic carbocycles. The zero-order valence-corrected chi connectivity index (χ0v) is 17.7. The normalized spacial score (nSPS) is 15.0. The van der Waals surface area contributed by atoms with Crippen LogP contribution in [0.2, 0.25) is 0 Å². The summed E-state index contributed by atoms with van der Waals surface area (Å²) in [6.45, 7) is 8.04.